The number of nitrogens with zero attached hydrogens (tertiary/aromatic N) is 1. The van der Waals surface area contributed by atoms with Crippen LogP contribution in [-0.2, 0) is 0 Å². The summed E-state index contributed by atoms with van der Waals surface area (Å²) >= 11 is 5.28. The lowest BCUT2D eigenvalue weighted by Crippen LogP contribution is -2.23. The Morgan fingerprint density at radius 2 is 1.92 bits per heavy atom. The number of methoxy groups -OCH3 is 1. The van der Waals surface area contributed by atoms with Gasteiger partial charge in [-0.25, -0.2) is 0 Å². The highest BCUT2D eigenvalue weighted by Crippen LogP contribution is 2.26. The second kappa shape index (κ2) is 7.77. The molecular weight excluding hydrogens is 330 g/mol. The molecule has 0 bridgehead atoms. The molecule has 0 unspecified atom stereocenters. The fourth-order valence-corrected chi connectivity index (χ4v) is 2.79. The Bertz CT molecular complexity index is 937. The van der Waals surface area contributed by atoms with E-state index in [2.05, 4.69) is 21.9 Å². The molecule has 0 aliphatic heterocycles. The summed E-state index contributed by atoms with van der Waals surface area (Å²) in [5.74, 6) is 0.766. The van der Waals surface area contributed by atoms with Crippen LogP contribution in [0.25, 0.3) is 10.8 Å². The Morgan fingerprint density at radius 1 is 1.08 bits per heavy atom. The third-order valence-electron chi connectivity index (χ3n) is 3.79. The number of hydrogen-bond acceptors (Lipinski definition) is 3. The van der Waals surface area contributed by atoms with Crippen LogP contribution in [0.2, 0.25) is 0 Å². The highest BCUT2D eigenvalue weighted by atomic mass is 32.1. The average molecular weight is 349 g/mol. The zero-order valence-electron chi connectivity index (χ0n) is 14.1. The predicted molar refractivity (Wildman–Crippen MR) is 109 cm³/mol. The molecule has 2 N–H and O–H groups in total. The maximum atomic E-state index is 5.45. The van der Waals surface area contributed by atoms with E-state index in [0.29, 0.717) is 5.11 Å². The first-order valence-corrected chi connectivity index (χ1v) is 8.30. The van der Waals surface area contributed by atoms with E-state index in [1.807, 2.05) is 61.5 Å². The van der Waals surface area contributed by atoms with E-state index in [1.54, 1.807) is 13.3 Å². The van der Waals surface area contributed by atoms with Crippen LogP contribution in [0.3, 0.4) is 0 Å². The van der Waals surface area contributed by atoms with Gasteiger partial charge in [0.1, 0.15) is 5.75 Å². The van der Waals surface area contributed by atoms with E-state index in [1.165, 1.54) is 0 Å². The Labute approximate surface area is 152 Å². The van der Waals surface area contributed by atoms with Crippen molar-refractivity contribution in [3.05, 3.63) is 71.8 Å². The standard InChI is InChI=1S/C20H19N3OS/c1-14-6-5-8-16(12-14)22-20(25)23-21-13-18-17-9-4-3-7-15(17)10-11-19(18)24-2/h3-13H,1-2H3,(H2,22,23,25)/b21-13+. The van der Waals surface area contributed by atoms with Crippen molar-refractivity contribution in [2.75, 3.05) is 12.4 Å². The topological polar surface area (TPSA) is 45.6 Å². The number of fused-ring (bicyclic) bond motifs is 1. The van der Waals surface area contributed by atoms with Gasteiger partial charge in [0, 0.05) is 11.3 Å². The van der Waals surface area contributed by atoms with Gasteiger partial charge in [-0.15, -0.1) is 0 Å². The van der Waals surface area contributed by atoms with Crippen LogP contribution in [0.1, 0.15) is 11.1 Å². The number of benzene rings is 3. The summed E-state index contributed by atoms with van der Waals surface area (Å²) < 4.78 is 5.45. The normalized spacial score (nSPS) is 10.8. The highest BCUT2D eigenvalue weighted by molar-refractivity contribution is 7.80. The summed E-state index contributed by atoms with van der Waals surface area (Å²) in [4.78, 5) is 0. The van der Waals surface area contributed by atoms with Gasteiger partial charge in [0.25, 0.3) is 0 Å². The third kappa shape index (κ3) is 4.14. The number of nitrogens with one attached hydrogen (secondary N) is 2. The van der Waals surface area contributed by atoms with Crippen LogP contribution < -0.4 is 15.5 Å². The minimum absolute atomic E-state index is 0.432. The van der Waals surface area contributed by atoms with Gasteiger partial charge in [0.15, 0.2) is 5.11 Å². The molecule has 0 fully saturated rings. The van der Waals surface area contributed by atoms with E-state index in [4.69, 9.17) is 17.0 Å². The maximum Gasteiger partial charge on any atom is 0.191 e. The minimum Gasteiger partial charge on any atom is -0.496 e. The zero-order valence-corrected chi connectivity index (χ0v) is 14.9. The van der Waals surface area contributed by atoms with Crippen molar-refractivity contribution in [2.45, 2.75) is 6.92 Å². The van der Waals surface area contributed by atoms with E-state index >= 15 is 0 Å². The molecule has 0 atom stereocenters. The second-order valence-corrected chi connectivity index (χ2v) is 6.00. The summed E-state index contributed by atoms with van der Waals surface area (Å²) in [6.07, 6.45) is 1.73. The van der Waals surface area contributed by atoms with E-state index < -0.39 is 0 Å². The lowest BCUT2D eigenvalue weighted by atomic mass is 10.0. The molecule has 0 aromatic heterocycles. The van der Waals surface area contributed by atoms with E-state index in [0.717, 1.165) is 33.3 Å². The number of aryl methyl sites for hydroxylation is 1. The predicted octanol–water partition coefficient (Wildman–Crippen LogP) is 4.48. The van der Waals surface area contributed by atoms with Crippen molar-refractivity contribution < 1.29 is 4.74 Å². The molecule has 0 aliphatic rings. The molecule has 3 aromatic carbocycles. The number of hydrazone groups is 1. The average Bonchev–Trinajstić information content (AvgIpc) is 2.61. The van der Waals surface area contributed by atoms with E-state index in [9.17, 15) is 0 Å². The quantitative estimate of drug-likeness (QED) is 0.414. The first-order valence-electron chi connectivity index (χ1n) is 7.90. The number of hydrogen-bond donors (Lipinski definition) is 2. The van der Waals surface area contributed by atoms with Gasteiger partial charge in [-0.05, 0) is 53.7 Å². The minimum atomic E-state index is 0.432. The highest BCUT2D eigenvalue weighted by Gasteiger charge is 2.06. The Balaban J connectivity index is 1.76. The number of rotatable bonds is 4. The SMILES string of the molecule is COc1ccc2ccccc2c1/C=N/NC(=S)Nc1cccc(C)c1. The molecule has 0 saturated carbocycles. The van der Waals surface area contributed by atoms with Crippen molar-refractivity contribution in [1.29, 1.82) is 0 Å². The van der Waals surface area contributed by atoms with Gasteiger partial charge in [-0.2, -0.15) is 5.10 Å². The second-order valence-electron chi connectivity index (χ2n) is 5.60. The summed E-state index contributed by atoms with van der Waals surface area (Å²) in [5, 5.41) is 10.0. The first kappa shape index (κ1) is 16.9. The third-order valence-corrected chi connectivity index (χ3v) is 3.98. The van der Waals surface area contributed by atoms with Gasteiger partial charge in [-0.1, -0.05) is 42.5 Å². The van der Waals surface area contributed by atoms with Crippen molar-refractivity contribution in [2.24, 2.45) is 5.10 Å². The lowest BCUT2D eigenvalue weighted by molar-refractivity contribution is 0.415. The monoisotopic (exact) mass is 349 g/mol. The molecule has 25 heavy (non-hydrogen) atoms. The van der Waals surface area contributed by atoms with Gasteiger partial charge < -0.3 is 10.1 Å². The molecular formula is C20H19N3OS. The van der Waals surface area contributed by atoms with Crippen LogP contribution >= 0.6 is 12.2 Å². The maximum absolute atomic E-state index is 5.45. The molecule has 0 radical (unpaired) electrons. The molecule has 0 amide bonds. The number of thiocarbonyl (C=S) groups is 1. The Kier molecular flexibility index (Phi) is 5.26. The van der Waals surface area contributed by atoms with Gasteiger partial charge in [0.2, 0.25) is 0 Å². The fraction of sp³-hybridized carbons (Fsp3) is 0.100. The molecule has 0 saturated heterocycles. The van der Waals surface area contributed by atoms with Crippen LogP contribution in [0.4, 0.5) is 5.69 Å². The van der Waals surface area contributed by atoms with Crippen molar-refractivity contribution in [3.8, 4) is 5.75 Å². The van der Waals surface area contributed by atoms with Crippen molar-refractivity contribution in [3.63, 3.8) is 0 Å². The molecule has 0 spiro atoms. The molecule has 3 aromatic rings. The number of ether oxygens (including phenoxy) is 1. The van der Waals surface area contributed by atoms with Gasteiger partial charge in [0.05, 0.1) is 13.3 Å². The van der Waals surface area contributed by atoms with Gasteiger partial charge >= 0.3 is 0 Å². The Hall–Kier alpha value is -2.92. The fourth-order valence-electron chi connectivity index (χ4n) is 2.62. The summed E-state index contributed by atoms with van der Waals surface area (Å²) in [5.41, 5.74) is 5.85. The zero-order chi connectivity index (χ0) is 17.6. The summed E-state index contributed by atoms with van der Waals surface area (Å²) in [6, 6.07) is 20.1. The van der Waals surface area contributed by atoms with Crippen LogP contribution in [0.15, 0.2) is 65.8 Å². The van der Waals surface area contributed by atoms with Crippen LogP contribution in [0.5, 0.6) is 5.75 Å². The van der Waals surface area contributed by atoms with E-state index in [-0.39, 0.29) is 0 Å². The molecule has 3 rings (SSSR count). The van der Waals surface area contributed by atoms with Crippen LogP contribution in [0, 0.1) is 6.92 Å². The first-order chi connectivity index (χ1) is 12.2. The molecule has 126 valence electrons. The molecule has 5 heteroatoms. The van der Waals surface area contributed by atoms with Crippen LogP contribution in [-0.4, -0.2) is 18.4 Å². The molecule has 0 aliphatic carbocycles. The Morgan fingerprint density at radius 3 is 2.72 bits per heavy atom. The lowest BCUT2D eigenvalue weighted by Gasteiger charge is -2.09. The van der Waals surface area contributed by atoms with Crippen molar-refractivity contribution in [1.82, 2.24) is 5.43 Å². The van der Waals surface area contributed by atoms with Crippen molar-refractivity contribution >= 4 is 40.0 Å². The summed E-state index contributed by atoms with van der Waals surface area (Å²) in [6.45, 7) is 2.03. The number of anilines is 1. The van der Waals surface area contributed by atoms with Gasteiger partial charge in [-0.3, -0.25) is 5.43 Å². The largest absolute Gasteiger partial charge is 0.496 e. The smallest absolute Gasteiger partial charge is 0.191 e. The molecule has 4 nitrogen and oxygen atoms in total. The molecule has 0 heterocycles. The summed E-state index contributed by atoms with van der Waals surface area (Å²) in [7, 11) is 1.65.